The van der Waals surface area contributed by atoms with Gasteiger partial charge in [-0.15, -0.1) is 0 Å². The zero-order valence-corrected chi connectivity index (χ0v) is 16.1. The summed E-state index contributed by atoms with van der Waals surface area (Å²) >= 11 is 6.01. The summed E-state index contributed by atoms with van der Waals surface area (Å²) in [6, 6.07) is 6.59. The summed E-state index contributed by atoms with van der Waals surface area (Å²) in [7, 11) is 3.14. The van der Waals surface area contributed by atoms with Crippen LogP contribution in [0.15, 0.2) is 35.5 Å². The first-order chi connectivity index (χ1) is 12.9. The molecular weight excluding hydrogens is 368 g/mol. The molecule has 9 heteroatoms. The van der Waals surface area contributed by atoms with Gasteiger partial charge in [-0.3, -0.25) is 14.6 Å². The van der Waals surface area contributed by atoms with Crippen molar-refractivity contribution < 1.29 is 14.2 Å². The maximum absolute atomic E-state index is 12.6. The Bertz CT molecular complexity index is 982. The lowest BCUT2D eigenvalue weighted by atomic mass is 10.2. The summed E-state index contributed by atoms with van der Waals surface area (Å²) < 4.78 is 3.88. The van der Waals surface area contributed by atoms with E-state index in [0.717, 1.165) is 16.3 Å². The average Bonchev–Trinajstić information content (AvgIpc) is 3.14. The monoisotopic (exact) mass is 387 g/mol. The molecule has 1 atom stereocenters. The minimum absolute atomic E-state index is 0.269. The van der Waals surface area contributed by atoms with Crippen LogP contribution in [0.5, 0.6) is 0 Å². The van der Waals surface area contributed by atoms with E-state index in [4.69, 9.17) is 11.6 Å². The molecule has 1 unspecified atom stereocenters. The number of amides is 3. The number of likely N-dealkylation sites (N-methyl/N-ethyl adjacent to an activating group) is 2. The maximum atomic E-state index is 12.6. The number of urea groups is 1. The topological polar surface area (TPSA) is 73.8 Å². The van der Waals surface area contributed by atoms with Gasteiger partial charge in [0.25, 0.3) is 5.91 Å². The molecule has 0 radical (unpaired) electrons. The number of carbonyl (C=O) groups is 2. The van der Waals surface area contributed by atoms with Crippen molar-refractivity contribution in [2.75, 3.05) is 26.0 Å². The summed E-state index contributed by atoms with van der Waals surface area (Å²) in [5, 5.41) is 4.01. The van der Waals surface area contributed by atoms with E-state index >= 15 is 0 Å². The molecule has 4 rings (SSSR count). The molecule has 0 saturated carbocycles. The Morgan fingerprint density at radius 2 is 2.04 bits per heavy atom. The van der Waals surface area contributed by atoms with E-state index in [1.54, 1.807) is 7.05 Å². The van der Waals surface area contributed by atoms with Crippen LogP contribution in [0.4, 0.5) is 16.4 Å². The number of hydrogen-bond donors (Lipinski definition) is 1. The van der Waals surface area contributed by atoms with Crippen molar-refractivity contribution in [3.63, 3.8) is 0 Å². The molecule has 1 fully saturated rings. The van der Waals surface area contributed by atoms with Gasteiger partial charge in [-0.25, -0.2) is 13.9 Å². The van der Waals surface area contributed by atoms with E-state index < -0.39 is 6.04 Å². The Morgan fingerprint density at radius 3 is 2.78 bits per heavy atom. The highest BCUT2D eigenvalue weighted by Crippen LogP contribution is 2.28. The number of nitrogens with one attached hydrogen (secondary N) is 1. The molecule has 2 aliphatic heterocycles. The molecule has 0 aliphatic carbocycles. The molecule has 0 bridgehead atoms. The van der Waals surface area contributed by atoms with E-state index in [1.807, 2.05) is 46.5 Å². The van der Waals surface area contributed by atoms with Gasteiger partial charge in [-0.2, -0.15) is 0 Å². The Labute approximate surface area is 161 Å². The Hall–Kier alpha value is -2.87. The number of amidine groups is 1. The minimum atomic E-state index is -0.589. The number of aryl methyl sites for hydroxylation is 1. The number of aromatic nitrogens is 2. The number of hydrogen-bond acceptors (Lipinski definition) is 4. The third-order valence-corrected chi connectivity index (χ3v) is 5.17. The Kier molecular flexibility index (Phi) is 4.15. The van der Waals surface area contributed by atoms with E-state index in [0.29, 0.717) is 29.9 Å². The number of fused-ring (bicyclic) bond motifs is 3. The number of imidazole rings is 1. The number of rotatable bonds is 4. The molecule has 1 aromatic carbocycles. The number of imide groups is 1. The third-order valence-electron chi connectivity index (χ3n) is 4.93. The van der Waals surface area contributed by atoms with E-state index in [2.05, 4.69) is 10.3 Å². The van der Waals surface area contributed by atoms with Crippen LogP contribution in [-0.4, -0.2) is 52.8 Å². The minimum Gasteiger partial charge on any atom is -0.382 e. The molecule has 1 aromatic heterocycles. The lowest BCUT2D eigenvalue weighted by molar-refractivity contribution is -0.677. The van der Waals surface area contributed by atoms with Crippen LogP contribution in [0.2, 0.25) is 5.02 Å². The second-order valence-electron chi connectivity index (χ2n) is 6.68. The molecule has 0 spiro atoms. The van der Waals surface area contributed by atoms with E-state index in [9.17, 15) is 9.59 Å². The summed E-state index contributed by atoms with van der Waals surface area (Å²) in [5.41, 5.74) is 1.94. The standard InChI is InChI=1S/C18H20ClN6O2/c1-11-10-25-14-15(22(2)18(27)23(3)16(14)26)21-17(25)24(11)8-7-20-13-6-4-5-12(19)9-13/h4-6,9-10,14,20H,7-8H2,1-3H3/q+1. The molecule has 1 N–H and O–H groups in total. The molecule has 27 heavy (non-hydrogen) atoms. The van der Waals surface area contributed by atoms with Crippen molar-refractivity contribution >= 4 is 41.0 Å². The number of halogens is 1. The molecule has 3 heterocycles. The average molecular weight is 388 g/mol. The molecule has 2 aromatic rings. The quantitative estimate of drug-likeness (QED) is 0.815. The van der Waals surface area contributed by atoms with Gasteiger partial charge in [0, 0.05) is 31.4 Å². The van der Waals surface area contributed by atoms with E-state index in [1.165, 1.54) is 11.9 Å². The van der Waals surface area contributed by atoms with Gasteiger partial charge >= 0.3 is 12.0 Å². The van der Waals surface area contributed by atoms with Crippen LogP contribution in [0.3, 0.4) is 0 Å². The Morgan fingerprint density at radius 1 is 1.26 bits per heavy atom. The summed E-state index contributed by atoms with van der Waals surface area (Å²) in [6.45, 7) is 3.30. The third kappa shape index (κ3) is 2.76. The normalized spacial score (nSPS) is 18.5. The predicted octanol–water partition coefficient (Wildman–Crippen LogP) is 1.96. The van der Waals surface area contributed by atoms with Gasteiger partial charge in [0.15, 0.2) is 0 Å². The number of anilines is 1. The zero-order chi connectivity index (χ0) is 19.3. The van der Waals surface area contributed by atoms with Gasteiger partial charge in [0.05, 0.1) is 6.54 Å². The van der Waals surface area contributed by atoms with Crippen molar-refractivity contribution in [2.45, 2.75) is 19.5 Å². The lowest BCUT2D eigenvalue weighted by Gasteiger charge is -2.30. The van der Waals surface area contributed by atoms with Crippen molar-refractivity contribution in [3.8, 4) is 0 Å². The summed E-state index contributed by atoms with van der Waals surface area (Å²) in [4.78, 5) is 32.0. The molecular formula is C18H20ClN6O2+. The van der Waals surface area contributed by atoms with Gasteiger partial charge in [-0.1, -0.05) is 22.7 Å². The number of carbonyl (C=O) groups excluding carboxylic acids is 2. The first-order valence-electron chi connectivity index (χ1n) is 8.63. The van der Waals surface area contributed by atoms with Crippen molar-refractivity contribution in [1.82, 2.24) is 14.4 Å². The maximum Gasteiger partial charge on any atom is 0.401 e. The van der Waals surface area contributed by atoms with Crippen LogP contribution in [0.25, 0.3) is 0 Å². The first-order valence-corrected chi connectivity index (χ1v) is 9.01. The fraction of sp³-hybridized carbons (Fsp3) is 0.333. The van der Waals surface area contributed by atoms with Gasteiger partial charge in [-0.05, 0) is 25.1 Å². The van der Waals surface area contributed by atoms with Gasteiger partial charge in [0.2, 0.25) is 11.9 Å². The first kappa shape index (κ1) is 17.5. The fourth-order valence-electron chi connectivity index (χ4n) is 3.50. The molecule has 140 valence electrons. The molecule has 8 nitrogen and oxygen atoms in total. The van der Waals surface area contributed by atoms with Gasteiger partial charge < -0.3 is 5.32 Å². The Balaban J connectivity index is 1.58. The van der Waals surface area contributed by atoms with Crippen LogP contribution in [-0.2, 0) is 11.3 Å². The number of nitrogens with zero attached hydrogens (tertiary/aromatic N) is 5. The second kappa shape index (κ2) is 6.38. The summed E-state index contributed by atoms with van der Waals surface area (Å²) in [6.07, 6.45) is 1.91. The summed E-state index contributed by atoms with van der Waals surface area (Å²) in [5.74, 6) is 0.869. The fourth-order valence-corrected chi connectivity index (χ4v) is 3.69. The number of aliphatic imine (C=N–C) groups is 1. The smallest absolute Gasteiger partial charge is 0.382 e. The highest BCUT2D eigenvalue weighted by atomic mass is 35.5. The second-order valence-corrected chi connectivity index (χ2v) is 7.11. The van der Waals surface area contributed by atoms with Crippen LogP contribution in [0, 0.1) is 6.92 Å². The number of benzene rings is 1. The highest BCUT2D eigenvalue weighted by Gasteiger charge is 2.52. The highest BCUT2D eigenvalue weighted by molar-refractivity contribution is 6.30. The molecule has 1 saturated heterocycles. The van der Waals surface area contributed by atoms with Crippen molar-refractivity contribution in [1.29, 1.82) is 0 Å². The van der Waals surface area contributed by atoms with E-state index in [-0.39, 0.29) is 11.9 Å². The largest absolute Gasteiger partial charge is 0.401 e. The zero-order valence-electron chi connectivity index (χ0n) is 15.3. The van der Waals surface area contributed by atoms with Crippen LogP contribution in [0.1, 0.15) is 11.7 Å². The van der Waals surface area contributed by atoms with Crippen molar-refractivity contribution in [2.24, 2.45) is 4.99 Å². The SMILES string of the molecule is Cc1c[n+]2c(n1CCNc1cccc(Cl)c1)N=C1C2C(=O)N(C)C(=O)N1C. The molecule has 3 amide bonds. The van der Waals surface area contributed by atoms with Crippen LogP contribution >= 0.6 is 11.6 Å². The predicted molar refractivity (Wildman–Crippen MR) is 101 cm³/mol. The van der Waals surface area contributed by atoms with Crippen LogP contribution < -0.4 is 9.88 Å². The lowest BCUT2D eigenvalue weighted by Crippen LogP contribution is -2.61. The molecule has 2 aliphatic rings. The van der Waals surface area contributed by atoms with Gasteiger partial charge in [0.1, 0.15) is 11.9 Å². The van der Waals surface area contributed by atoms with Crippen molar-refractivity contribution in [3.05, 3.63) is 41.2 Å².